The van der Waals surface area contributed by atoms with Gasteiger partial charge in [0.15, 0.2) is 0 Å². The Hall–Kier alpha value is -1.98. The number of halogens is 2. The minimum Gasteiger partial charge on any atom is -0.462 e. The second-order valence-corrected chi connectivity index (χ2v) is 6.50. The lowest BCUT2D eigenvalue weighted by Gasteiger charge is -2.18. The summed E-state index contributed by atoms with van der Waals surface area (Å²) in [6.07, 6.45) is 0. The van der Waals surface area contributed by atoms with E-state index in [9.17, 15) is 9.59 Å². The second kappa shape index (κ2) is 7.93. The first-order chi connectivity index (χ1) is 11.8. The summed E-state index contributed by atoms with van der Waals surface area (Å²) in [6, 6.07) is 5.29. The van der Waals surface area contributed by atoms with E-state index < -0.39 is 5.97 Å². The molecule has 0 aliphatic rings. The van der Waals surface area contributed by atoms with Crippen molar-refractivity contribution in [2.75, 3.05) is 13.7 Å². The number of rotatable bonds is 5. The van der Waals surface area contributed by atoms with Gasteiger partial charge in [0.25, 0.3) is 5.91 Å². The highest BCUT2D eigenvalue weighted by molar-refractivity contribution is 6.42. The summed E-state index contributed by atoms with van der Waals surface area (Å²) < 4.78 is 5.05. The maximum atomic E-state index is 12.8. The van der Waals surface area contributed by atoms with Gasteiger partial charge in [-0.25, -0.2) is 4.79 Å². The van der Waals surface area contributed by atoms with Crippen LogP contribution in [0.5, 0.6) is 0 Å². The molecule has 2 rings (SSSR count). The second-order valence-electron chi connectivity index (χ2n) is 5.72. The predicted octanol–water partition coefficient (Wildman–Crippen LogP) is 4.39. The van der Waals surface area contributed by atoms with Crippen LogP contribution >= 0.6 is 23.2 Å². The Kier molecular flexibility index (Phi) is 6.14. The zero-order valence-corrected chi connectivity index (χ0v) is 16.1. The number of aryl methyl sites for hydroxylation is 1. The number of amides is 1. The van der Waals surface area contributed by atoms with Crippen LogP contribution in [0.4, 0.5) is 0 Å². The largest absolute Gasteiger partial charge is 0.462 e. The summed E-state index contributed by atoms with van der Waals surface area (Å²) in [5, 5.41) is 0.868. The zero-order valence-electron chi connectivity index (χ0n) is 14.6. The van der Waals surface area contributed by atoms with Gasteiger partial charge in [-0.2, -0.15) is 0 Å². The van der Waals surface area contributed by atoms with Gasteiger partial charge in [0, 0.05) is 19.3 Å². The minimum absolute atomic E-state index is 0.243. The van der Waals surface area contributed by atoms with Crippen LogP contribution in [0.3, 0.4) is 0 Å². The van der Waals surface area contributed by atoms with Crippen LogP contribution in [-0.2, 0) is 11.3 Å². The Bertz CT molecular complexity index is 815. The van der Waals surface area contributed by atoms with Crippen molar-refractivity contribution in [2.24, 2.45) is 0 Å². The third-order valence-corrected chi connectivity index (χ3v) is 4.77. The molecule has 0 aliphatic carbocycles. The van der Waals surface area contributed by atoms with E-state index >= 15 is 0 Å². The van der Waals surface area contributed by atoms with E-state index in [0.29, 0.717) is 39.1 Å². The van der Waals surface area contributed by atoms with Crippen molar-refractivity contribution in [1.29, 1.82) is 0 Å². The topological polar surface area (TPSA) is 62.4 Å². The highest BCUT2D eigenvalue weighted by atomic mass is 35.5. The van der Waals surface area contributed by atoms with Crippen molar-refractivity contribution in [3.63, 3.8) is 0 Å². The van der Waals surface area contributed by atoms with Gasteiger partial charge < -0.3 is 14.6 Å². The molecule has 0 fully saturated rings. The van der Waals surface area contributed by atoms with Crippen LogP contribution in [0.25, 0.3) is 0 Å². The number of nitrogens with one attached hydrogen (secondary N) is 1. The number of aromatic amines is 1. The predicted molar refractivity (Wildman–Crippen MR) is 98.5 cm³/mol. The molecule has 1 aromatic heterocycles. The van der Waals surface area contributed by atoms with E-state index in [0.717, 1.165) is 5.56 Å². The molecule has 0 saturated heterocycles. The summed E-state index contributed by atoms with van der Waals surface area (Å²) in [7, 11) is 1.67. The first-order valence-electron chi connectivity index (χ1n) is 7.82. The van der Waals surface area contributed by atoms with Crippen LogP contribution in [0, 0.1) is 13.8 Å². The molecular formula is C18H20Cl2N2O3. The maximum absolute atomic E-state index is 12.8. The summed E-state index contributed by atoms with van der Waals surface area (Å²) in [4.78, 5) is 29.4. The smallest absolute Gasteiger partial charge is 0.340 e. The summed E-state index contributed by atoms with van der Waals surface area (Å²) in [5.74, 6) is -0.680. The lowest BCUT2D eigenvalue weighted by Crippen LogP contribution is -2.27. The number of carbonyl (C=O) groups is 2. The zero-order chi connectivity index (χ0) is 18.7. The average molecular weight is 383 g/mol. The number of hydrogen-bond donors (Lipinski definition) is 1. The molecule has 0 radical (unpaired) electrons. The number of carbonyl (C=O) groups excluding carboxylic acids is 2. The molecule has 0 aliphatic heterocycles. The molecule has 0 spiro atoms. The Balaban J connectivity index is 2.27. The van der Waals surface area contributed by atoms with Gasteiger partial charge >= 0.3 is 5.97 Å². The number of esters is 1. The van der Waals surface area contributed by atoms with Gasteiger partial charge in [-0.05, 0) is 38.0 Å². The van der Waals surface area contributed by atoms with Crippen molar-refractivity contribution >= 4 is 35.1 Å². The molecule has 7 heteroatoms. The SMILES string of the molecule is CCOC(=O)c1c(C)[nH]c(C(=O)N(C)Cc2cccc(Cl)c2Cl)c1C. The monoisotopic (exact) mass is 382 g/mol. The summed E-state index contributed by atoms with van der Waals surface area (Å²) >= 11 is 12.2. The van der Waals surface area contributed by atoms with Gasteiger partial charge in [-0.1, -0.05) is 35.3 Å². The van der Waals surface area contributed by atoms with E-state index in [4.69, 9.17) is 27.9 Å². The van der Waals surface area contributed by atoms with Gasteiger partial charge in [0.2, 0.25) is 0 Å². The number of aromatic nitrogens is 1. The number of hydrogen-bond acceptors (Lipinski definition) is 3. The van der Waals surface area contributed by atoms with E-state index in [1.165, 1.54) is 4.90 Å². The Morgan fingerprint density at radius 1 is 1.24 bits per heavy atom. The molecule has 0 bridgehead atoms. The third-order valence-electron chi connectivity index (χ3n) is 3.92. The van der Waals surface area contributed by atoms with Gasteiger partial charge in [-0.15, -0.1) is 0 Å². The fourth-order valence-electron chi connectivity index (χ4n) is 2.66. The van der Waals surface area contributed by atoms with Gasteiger partial charge in [0.05, 0.1) is 22.2 Å². The van der Waals surface area contributed by atoms with E-state index in [1.54, 1.807) is 40.0 Å². The fourth-order valence-corrected chi connectivity index (χ4v) is 3.04. The minimum atomic E-state index is -0.437. The third kappa shape index (κ3) is 3.99. The molecule has 1 N–H and O–H groups in total. The first-order valence-corrected chi connectivity index (χ1v) is 8.58. The fraction of sp³-hybridized carbons (Fsp3) is 0.333. The van der Waals surface area contributed by atoms with Crippen LogP contribution in [0.15, 0.2) is 18.2 Å². The van der Waals surface area contributed by atoms with Crippen molar-refractivity contribution in [2.45, 2.75) is 27.3 Å². The quantitative estimate of drug-likeness (QED) is 0.779. The Labute approximate surface area is 156 Å². The number of H-pyrrole nitrogens is 1. The van der Waals surface area contributed by atoms with E-state index in [1.807, 2.05) is 6.07 Å². The van der Waals surface area contributed by atoms with E-state index in [2.05, 4.69) is 4.98 Å². The maximum Gasteiger partial charge on any atom is 0.340 e. The lowest BCUT2D eigenvalue weighted by atomic mass is 10.1. The summed E-state index contributed by atoms with van der Waals surface area (Å²) in [5.41, 5.74) is 2.69. The average Bonchev–Trinajstić information content (AvgIpc) is 2.86. The van der Waals surface area contributed by atoms with Crippen LogP contribution in [0.1, 0.15) is 44.6 Å². The molecule has 1 heterocycles. The van der Waals surface area contributed by atoms with Crippen molar-refractivity contribution in [3.8, 4) is 0 Å². The van der Waals surface area contributed by atoms with Crippen LogP contribution in [0.2, 0.25) is 10.0 Å². The molecule has 134 valence electrons. The Morgan fingerprint density at radius 3 is 2.56 bits per heavy atom. The number of nitrogens with zero attached hydrogens (tertiary/aromatic N) is 1. The highest BCUT2D eigenvalue weighted by Gasteiger charge is 2.25. The molecule has 1 aromatic carbocycles. The van der Waals surface area contributed by atoms with Crippen molar-refractivity contribution in [3.05, 3.63) is 56.3 Å². The molecule has 1 amide bonds. The molecule has 2 aromatic rings. The standard InChI is InChI=1S/C18H20Cl2N2O3/c1-5-25-18(24)14-10(2)16(21-11(14)3)17(23)22(4)9-12-7-6-8-13(19)15(12)20/h6-8,21H,5,9H2,1-4H3. The molecular weight excluding hydrogens is 363 g/mol. The van der Waals surface area contributed by atoms with Gasteiger partial charge in [-0.3, -0.25) is 4.79 Å². The van der Waals surface area contributed by atoms with Crippen molar-refractivity contribution in [1.82, 2.24) is 9.88 Å². The molecule has 0 saturated carbocycles. The number of benzene rings is 1. The molecule has 5 nitrogen and oxygen atoms in total. The molecule has 0 unspecified atom stereocenters. The highest BCUT2D eigenvalue weighted by Crippen LogP contribution is 2.27. The van der Waals surface area contributed by atoms with Crippen LogP contribution in [-0.4, -0.2) is 35.4 Å². The lowest BCUT2D eigenvalue weighted by molar-refractivity contribution is 0.0525. The number of ether oxygens (including phenoxy) is 1. The van der Waals surface area contributed by atoms with Crippen LogP contribution < -0.4 is 0 Å². The van der Waals surface area contributed by atoms with Crippen molar-refractivity contribution < 1.29 is 14.3 Å². The van der Waals surface area contributed by atoms with Gasteiger partial charge in [0.1, 0.15) is 5.69 Å². The molecule has 0 atom stereocenters. The molecule has 25 heavy (non-hydrogen) atoms. The first kappa shape index (κ1) is 19.3. The van der Waals surface area contributed by atoms with E-state index in [-0.39, 0.29) is 12.5 Å². The normalized spacial score (nSPS) is 10.6. The Morgan fingerprint density at radius 2 is 1.92 bits per heavy atom. The summed E-state index contributed by atoms with van der Waals surface area (Å²) in [6.45, 7) is 5.78.